The number of hydrogen-bond acceptors (Lipinski definition) is 5. The third-order valence-electron chi connectivity index (χ3n) is 5.19. The van der Waals surface area contributed by atoms with Gasteiger partial charge in [0.2, 0.25) is 0 Å². The Morgan fingerprint density at radius 3 is 2.32 bits per heavy atom. The van der Waals surface area contributed by atoms with Gasteiger partial charge in [-0.2, -0.15) is 13.2 Å². The molecule has 0 spiro atoms. The lowest BCUT2D eigenvalue weighted by Crippen LogP contribution is -2.23. The van der Waals surface area contributed by atoms with E-state index in [2.05, 4.69) is 25.3 Å². The Labute approximate surface area is 194 Å². The zero-order valence-corrected chi connectivity index (χ0v) is 18.4. The first kappa shape index (κ1) is 23.0. The van der Waals surface area contributed by atoms with E-state index in [4.69, 9.17) is 0 Å². The molecule has 0 radical (unpaired) electrons. The molecule has 0 atom stereocenters. The summed E-state index contributed by atoms with van der Waals surface area (Å²) in [5.41, 5.74) is 4.05. The van der Waals surface area contributed by atoms with Crippen LogP contribution in [0.5, 0.6) is 0 Å². The van der Waals surface area contributed by atoms with Crippen molar-refractivity contribution >= 4 is 5.91 Å². The van der Waals surface area contributed by atoms with Gasteiger partial charge in [0, 0.05) is 42.5 Å². The van der Waals surface area contributed by atoms with Crippen LogP contribution >= 0.6 is 0 Å². The molecule has 34 heavy (non-hydrogen) atoms. The minimum Gasteiger partial charge on any atom is -0.347 e. The Morgan fingerprint density at radius 2 is 1.65 bits per heavy atom. The molecule has 4 aromatic rings. The van der Waals surface area contributed by atoms with Gasteiger partial charge in [0.05, 0.1) is 11.4 Å². The Bertz CT molecular complexity index is 1340. The molecule has 0 aromatic carbocycles. The maximum Gasteiger partial charge on any atom is 0.433 e. The van der Waals surface area contributed by atoms with Crippen molar-refractivity contribution in [3.05, 3.63) is 95.3 Å². The molecule has 4 heterocycles. The van der Waals surface area contributed by atoms with Gasteiger partial charge in [-0.15, -0.1) is 0 Å². The molecule has 9 heteroatoms. The van der Waals surface area contributed by atoms with E-state index >= 15 is 0 Å². The van der Waals surface area contributed by atoms with E-state index in [9.17, 15) is 18.0 Å². The highest BCUT2D eigenvalue weighted by atomic mass is 19.4. The maximum absolute atomic E-state index is 13.0. The summed E-state index contributed by atoms with van der Waals surface area (Å²) in [7, 11) is 0. The molecule has 1 N–H and O–H groups in total. The fraction of sp³-hybridized carbons (Fsp3) is 0.160. The highest BCUT2D eigenvalue weighted by molar-refractivity contribution is 5.92. The van der Waals surface area contributed by atoms with Crippen molar-refractivity contribution < 1.29 is 18.0 Å². The molecule has 0 bridgehead atoms. The van der Waals surface area contributed by atoms with Crippen molar-refractivity contribution in [3.8, 4) is 22.5 Å². The molecular formula is C25H20F3N5O. The fourth-order valence-corrected chi connectivity index (χ4v) is 3.49. The van der Waals surface area contributed by atoms with E-state index in [0.29, 0.717) is 22.4 Å². The molecule has 0 aliphatic carbocycles. The summed E-state index contributed by atoms with van der Waals surface area (Å²) in [5.74, 6) is -0.352. The first-order chi connectivity index (χ1) is 16.2. The Balaban J connectivity index is 1.44. The number of nitrogens with one attached hydrogen (secondary N) is 1. The van der Waals surface area contributed by atoms with Crippen LogP contribution in [0.4, 0.5) is 13.2 Å². The van der Waals surface area contributed by atoms with E-state index in [1.165, 1.54) is 12.3 Å². The lowest BCUT2D eigenvalue weighted by atomic mass is 10.1. The topological polar surface area (TPSA) is 80.7 Å². The maximum atomic E-state index is 13.0. The van der Waals surface area contributed by atoms with Crippen LogP contribution < -0.4 is 5.32 Å². The van der Waals surface area contributed by atoms with Gasteiger partial charge in [-0.1, -0.05) is 12.1 Å². The van der Waals surface area contributed by atoms with Crippen molar-refractivity contribution in [1.82, 2.24) is 25.3 Å². The summed E-state index contributed by atoms with van der Waals surface area (Å²) in [4.78, 5) is 28.8. The van der Waals surface area contributed by atoms with Crippen molar-refractivity contribution in [2.24, 2.45) is 0 Å². The second-order valence-electron chi connectivity index (χ2n) is 7.72. The van der Waals surface area contributed by atoms with Gasteiger partial charge >= 0.3 is 6.18 Å². The summed E-state index contributed by atoms with van der Waals surface area (Å²) < 4.78 is 38.9. The van der Waals surface area contributed by atoms with Crippen LogP contribution in [-0.4, -0.2) is 25.8 Å². The van der Waals surface area contributed by atoms with Crippen molar-refractivity contribution in [2.75, 3.05) is 0 Å². The molecule has 4 aromatic heterocycles. The summed E-state index contributed by atoms with van der Waals surface area (Å²) in [6, 6.07) is 11.5. The molecular weight excluding hydrogens is 443 g/mol. The summed E-state index contributed by atoms with van der Waals surface area (Å²) in [5, 5.41) is 2.79. The van der Waals surface area contributed by atoms with E-state index in [1.807, 2.05) is 19.1 Å². The molecule has 0 aliphatic rings. The van der Waals surface area contributed by atoms with Gasteiger partial charge in [-0.25, -0.2) is 0 Å². The van der Waals surface area contributed by atoms with E-state index < -0.39 is 11.9 Å². The van der Waals surface area contributed by atoms with Crippen LogP contribution in [0.1, 0.15) is 32.9 Å². The molecule has 0 saturated carbocycles. The van der Waals surface area contributed by atoms with Crippen LogP contribution in [0.15, 0.2) is 67.3 Å². The minimum atomic E-state index is -4.53. The van der Waals surface area contributed by atoms with E-state index in [0.717, 1.165) is 29.1 Å². The number of aryl methyl sites for hydroxylation is 2. The van der Waals surface area contributed by atoms with Crippen LogP contribution in [0.2, 0.25) is 0 Å². The minimum absolute atomic E-state index is 0.194. The number of rotatable bonds is 5. The van der Waals surface area contributed by atoms with Crippen LogP contribution in [0.25, 0.3) is 22.5 Å². The molecule has 0 saturated heterocycles. The molecule has 1 amide bonds. The van der Waals surface area contributed by atoms with Crippen LogP contribution in [0, 0.1) is 13.8 Å². The zero-order valence-electron chi connectivity index (χ0n) is 18.4. The van der Waals surface area contributed by atoms with Gasteiger partial charge in [-0.05, 0) is 60.9 Å². The summed E-state index contributed by atoms with van der Waals surface area (Å²) in [6.45, 7) is 3.90. The molecule has 172 valence electrons. The number of alkyl halides is 3. The monoisotopic (exact) mass is 463 g/mol. The lowest BCUT2D eigenvalue weighted by Gasteiger charge is -2.11. The highest BCUT2D eigenvalue weighted by Crippen LogP contribution is 2.31. The predicted molar refractivity (Wildman–Crippen MR) is 121 cm³/mol. The predicted octanol–water partition coefficient (Wildman–Crippen LogP) is 5.17. The molecule has 4 rings (SSSR count). The largest absolute Gasteiger partial charge is 0.433 e. The normalized spacial score (nSPS) is 11.3. The Kier molecular flexibility index (Phi) is 6.36. The quantitative estimate of drug-likeness (QED) is 0.442. The fourth-order valence-electron chi connectivity index (χ4n) is 3.49. The number of carbonyl (C=O) groups excluding carboxylic acids is 1. The van der Waals surface area contributed by atoms with E-state index in [-0.39, 0.29) is 18.1 Å². The van der Waals surface area contributed by atoms with Gasteiger partial charge in [0.15, 0.2) is 0 Å². The van der Waals surface area contributed by atoms with Gasteiger partial charge in [0.25, 0.3) is 5.91 Å². The number of aromatic nitrogens is 4. The van der Waals surface area contributed by atoms with Gasteiger partial charge in [0.1, 0.15) is 11.4 Å². The summed E-state index contributed by atoms with van der Waals surface area (Å²) >= 11 is 0. The van der Waals surface area contributed by atoms with Crippen molar-refractivity contribution in [1.29, 1.82) is 0 Å². The number of carbonyl (C=O) groups is 1. The Morgan fingerprint density at radius 1 is 0.853 bits per heavy atom. The third kappa shape index (κ3) is 5.09. The molecule has 0 unspecified atom stereocenters. The van der Waals surface area contributed by atoms with Gasteiger partial charge < -0.3 is 5.32 Å². The Hall–Kier alpha value is -4.14. The SMILES string of the molecule is Cc1cccnc1-c1ccc(C(=O)NCc2cnc(-c3ccnc(C(F)(F)F)c3)c(C)c2)nc1. The second-order valence-corrected chi connectivity index (χ2v) is 7.72. The molecule has 0 fully saturated rings. The summed E-state index contributed by atoms with van der Waals surface area (Å²) in [6.07, 6.45) is 1.41. The van der Waals surface area contributed by atoms with Crippen LogP contribution in [0.3, 0.4) is 0 Å². The zero-order chi connectivity index (χ0) is 24.3. The van der Waals surface area contributed by atoms with E-state index in [1.54, 1.807) is 37.5 Å². The first-order valence-corrected chi connectivity index (χ1v) is 10.4. The van der Waals surface area contributed by atoms with Crippen molar-refractivity contribution in [2.45, 2.75) is 26.6 Å². The second kappa shape index (κ2) is 9.38. The standard InChI is InChI=1S/C25H20F3N5O/c1-15-4-3-8-30-22(15)19-5-6-20(31-14-19)24(34)33-13-17-10-16(2)23(32-12-17)18-7-9-29-21(11-18)25(26,27)28/h3-12,14H,13H2,1-2H3,(H,33,34). The molecule has 6 nitrogen and oxygen atoms in total. The lowest BCUT2D eigenvalue weighted by molar-refractivity contribution is -0.141. The number of hydrogen-bond donors (Lipinski definition) is 1. The average molecular weight is 463 g/mol. The molecule has 0 aliphatic heterocycles. The average Bonchev–Trinajstić information content (AvgIpc) is 2.82. The highest BCUT2D eigenvalue weighted by Gasteiger charge is 2.32. The smallest absolute Gasteiger partial charge is 0.347 e. The number of nitrogens with zero attached hydrogens (tertiary/aromatic N) is 4. The number of halogens is 3. The number of pyridine rings is 4. The van der Waals surface area contributed by atoms with Gasteiger partial charge in [-0.3, -0.25) is 24.7 Å². The van der Waals surface area contributed by atoms with Crippen LogP contribution in [-0.2, 0) is 12.7 Å². The van der Waals surface area contributed by atoms with Crippen molar-refractivity contribution in [3.63, 3.8) is 0 Å². The number of amides is 1. The first-order valence-electron chi connectivity index (χ1n) is 10.4. The third-order valence-corrected chi connectivity index (χ3v) is 5.19.